The van der Waals surface area contributed by atoms with Crippen LogP contribution in [0.5, 0.6) is 5.88 Å². The molecule has 0 radical (unpaired) electrons. The molecule has 2 N–H and O–H groups in total. The van der Waals surface area contributed by atoms with Gasteiger partial charge in [0.1, 0.15) is 37.3 Å². The Kier molecular flexibility index (Phi) is 7.52. The van der Waals surface area contributed by atoms with Crippen LogP contribution in [0.4, 0.5) is 20.2 Å². The van der Waals surface area contributed by atoms with Crippen molar-refractivity contribution in [2.24, 2.45) is 0 Å². The number of anilines is 2. The minimum absolute atomic E-state index is 0.0364. The zero-order valence-electron chi connectivity index (χ0n) is 19.4. The lowest BCUT2D eigenvalue weighted by molar-refractivity contribution is -0.121. The maximum absolute atomic E-state index is 13.9. The number of benzene rings is 2. The number of hydrogen-bond donors (Lipinski definition) is 2. The van der Waals surface area contributed by atoms with Gasteiger partial charge in [-0.25, -0.2) is 8.78 Å². The molecule has 2 heterocycles. The van der Waals surface area contributed by atoms with Crippen molar-refractivity contribution in [2.45, 2.75) is 20.0 Å². The Balaban J connectivity index is 1.70. The van der Waals surface area contributed by atoms with Crippen LogP contribution in [-0.4, -0.2) is 51.5 Å². The number of carbonyl (C=O) groups is 2. The highest BCUT2D eigenvalue weighted by molar-refractivity contribution is 6.31. The molecule has 37 heavy (non-hydrogen) atoms. The van der Waals surface area contributed by atoms with Crippen molar-refractivity contribution in [3.8, 4) is 11.6 Å². The zero-order chi connectivity index (χ0) is 26.9. The van der Waals surface area contributed by atoms with Gasteiger partial charge in [-0.3, -0.25) is 28.8 Å². The van der Waals surface area contributed by atoms with Crippen LogP contribution in [0, 0.1) is 18.6 Å². The lowest BCUT2D eigenvalue weighted by Crippen LogP contribution is -2.39. The van der Waals surface area contributed by atoms with Gasteiger partial charge in [-0.2, -0.15) is 4.98 Å². The Labute approximate surface area is 213 Å². The van der Waals surface area contributed by atoms with E-state index in [1.807, 2.05) is 0 Å². The van der Waals surface area contributed by atoms with E-state index in [1.165, 1.54) is 45.6 Å². The smallest absolute Gasteiger partial charge is 0.280 e. The molecule has 0 unspecified atom stereocenters. The van der Waals surface area contributed by atoms with E-state index in [0.717, 1.165) is 6.07 Å². The maximum atomic E-state index is 13.9. The molecule has 0 atom stereocenters. The fraction of sp³-hybridized carbons (Fsp3) is 0.250. The summed E-state index contributed by atoms with van der Waals surface area (Å²) in [6, 6.07) is 7.47. The summed E-state index contributed by atoms with van der Waals surface area (Å²) >= 11 is 6.23. The molecule has 0 spiro atoms. The molecule has 1 aromatic heterocycles. The first-order chi connectivity index (χ1) is 17.7. The Bertz CT molecular complexity index is 1450. The lowest BCUT2D eigenvalue weighted by Gasteiger charge is -2.18. The highest BCUT2D eigenvalue weighted by atomic mass is 35.5. The number of aromatic nitrogens is 2. The van der Waals surface area contributed by atoms with E-state index in [1.54, 1.807) is 0 Å². The van der Waals surface area contributed by atoms with Gasteiger partial charge in [-0.05, 0) is 37.3 Å². The predicted octanol–water partition coefficient (Wildman–Crippen LogP) is 2.06. The number of aliphatic hydroxyl groups excluding tert-OH is 2. The Morgan fingerprint density at radius 1 is 1.08 bits per heavy atom. The summed E-state index contributed by atoms with van der Waals surface area (Å²) in [6.45, 7) is -0.190. The lowest BCUT2D eigenvalue weighted by atomic mass is 10.2. The molecule has 4 rings (SSSR count). The van der Waals surface area contributed by atoms with E-state index in [9.17, 15) is 33.4 Å². The summed E-state index contributed by atoms with van der Waals surface area (Å²) in [6.07, 6.45) is -0.197. The van der Waals surface area contributed by atoms with E-state index in [0.29, 0.717) is 11.8 Å². The predicted molar refractivity (Wildman–Crippen MR) is 129 cm³/mol. The van der Waals surface area contributed by atoms with Gasteiger partial charge in [0.15, 0.2) is 5.02 Å². The van der Waals surface area contributed by atoms with Crippen LogP contribution in [0.2, 0.25) is 5.02 Å². The second kappa shape index (κ2) is 10.6. The molecule has 2 amide bonds. The number of nitrogens with zero attached hydrogens (tertiary/aromatic N) is 4. The second-order valence-corrected chi connectivity index (χ2v) is 8.41. The van der Waals surface area contributed by atoms with Gasteiger partial charge >= 0.3 is 0 Å². The second-order valence-electron chi connectivity index (χ2n) is 8.03. The highest BCUT2D eigenvalue weighted by Crippen LogP contribution is 2.38. The molecule has 1 aliphatic rings. The molecule has 1 aliphatic heterocycles. The van der Waals surface area contributed by atoms with Crippen LogP contribution < -0.4 is 20.1 Å². The number of carbonyl (C=O) groups excluding carboxylic acids is 2. The molecule has 13 heteroatoms. The minimum Gasteiger partial charge on any atom is -0.471 e. The first kappa shape index (κ1) is 26.2. The van der Waals surface area contributed by atoms with E-state index in [4.69, 9.17) is 16.3 Å². The summed E-state index contributed by atoms with van der Waals surface area (Å²) in [7, 11) is 0. The van der Waals surface area contributed by atoms with Gasteiger partial charge < -0.3 is 14.9 Å². The topological polar surface area (TPSA) is 125 Å². The molecule has 0 saturated carbocycles. The normalized spacial score (nSPS) is 12.6. The third kappa shape index (κ3) is 5.03. The van der Waals surface area contributed by atoms with Crippen LogP contribution in [0.3, 0.4) is 0 Å². The first-order valence-electron chi connectivity index (χ1n) is 11.0. The molecule has 2 aromatic carbocycles. The van der Waals surface area contributed by atoms with Crippen molar-refractivity contribution in [2.75, 3.05) is 29.7 Å². The van der Waals surface area contributed by atoms with E-state index >= 15 is 0 Å². The summed E-state index contributed by atoms with van der Waals surface area (Å²) in [5.74, 6) is -2.76. The maximum Gasteiger partial charge on any atom is 0.280 e. The van der Waals surface area contributed by atoms with Crippen molar-refractivity contribution in [1.29, 1.82) is 0 Å². The van der Waals surface area contributed by atoms with E-state index in [-0.39, 0.29) is 53.4 Å². The van der Waals surface area contributed by atoms with Gasteiger partial charge in [-0.15, -0.1) is 0 Å². The zero-order valence-corrected chi connectivity index (χ0v) is 20.2. The third-order valence-electron chi connectivity index (χ3n) is 5.69. The number of halogens is 3. The summed E-state index contributed by atoms with van der Waals surface area (Å²) < 4.78 is 33.7. The average molecular weight is 535 g/mol. The number of rotatable bonds is 7. The number of aryl methyl sites for hydroxylation is 1. The molecule has 0 bridgehead atoms. The first-order valence-corrected chi connectivity index (χ1v) is 11.4. The van der Waals surface area contributed by atoms with Gasteiger partial charge in [0.2, 0.25) is 11.8 Å². The van der Waals surface area contributed by atoms with Crippen LogP contribution in [0.15, 0.2) is 41.2 Å². The van der Waals surface area contributed by atoms with Crippen molar-refractivity contribution in [1.82, 2.24) is 9.55 Å². The molecule has 0 aliphatic carbocycles. The Hall–Kier alpha value is -3.87. The number of ether oxygens (including phenoxy) is 1. The SMILES string of the molecule is Cc1nc(OCc2ccc(F)cc2F)c(Cl)c(=O)n1-c1ccc2c(c1)N(C(=O)CCO)CN2C(=O)CO. The van der Waals surface area contributed by atoms with Gasteiger partial charge in [-0.1, -0.05) is 11.6 Å². The number of aliphatic hydroxyl groups is 2. The fourth-order valence-corrected chi connectivity index (χ4v) is 4.08. The molecule has 0 fully saturated rings. The molecular weight excluding hydrogens is 514 g/mol. The van der Waals surface area contributed by atoms with Crippen molar-refractivity contribution >= 4 is 34.8 Å². The minimum atomic E-state index is -0.826. The van der Waals surface area contributed by atoms with E-state index < -0.39 is 42.2 Å². The van der Waals surface area contributed by atoms with Crippen LogP contribution in [0.25, 0.3) is 5.69 Å². The quantitative estimate of drug-likeness (QED) is 0.475. The number of hydrogen-bond acceptors (Lipinski definition) is 7. The monoisotopic (exact) mass is 534 g/mol. The van der Waals surface area contributed by atoms with Crippen molar-refractivity contribution in [3.05, 3.63) is 74.8 Å². The molecule has 0 saturated heterocycles. The molecule has 194 valence electrons. The summed E-state index contributed by atoms with van der Waals surface area (Å²) in [4.78, 5) is 44.6. The Morgan fingerprint density at radius 3 is 2.49 bits per heavy atom. The van der Waals surface area contributed by atoms with Crippen molar-refractivity contribution in [3.63, 3.8) is 0 Å². The fourth-order valence-electron chi connectivity index (χ4n) is 3.90. The van der Waals surface area contributed by atoms with Crippen LogP contribution >= 0.6 is 11.6 Å². The van der Waals surface area contributed by atoms with Gasteiger partial charge in [0.05, 0.1) is 30.1 Å². The third-order valence-corrected chi connectivity index (χ3v) is 6.01. The molecule has 10 nitrogen and oxygen atoms in total. The molecular formula is C24H21ClF2N4O6. The van der Waals surface area contributed by atoms with E-state index in [2.05, 4.69) is 4.98 Å². The van der Waals surface area contributed by atoms with Gasteiger partial charge in [0.25, 0.3) is 11.5 Å². The largest absolute Gasteiger partial charge is 0.471 e. The molecule has 3 aromatic rings. The average Bonchev–Trinajstić information content (AvgIpc) is 3.25. The summed E-state index contributed by atoms with van der Waals surface area (Å²) in [5.41, 5.74) is 0.215. The van der Waals surface area contributed by atoms with Crippen LogP contribution in [-0.2, 0) is 16.2 Å². The number of amides is 2. The summed E-state index contributed by atoms with van der Waals surface area (Å²) in [5, 5.41) is 18.1. The standard InChI is InChI=1S/C24H21ClF2N4O6/c1-13-28-23(37-11-14-2-3-15(26)8-17(14)27)22(25)24(36)31(13)16-4-5-18-19(9-16)30(20(34)6-7-32)12-29(18)21(35)10-33/h2-5,8-9,32-33H,6-7,10-12H2,1H3. The number of fused-ring (bicyclic) bond motifs is 1. The van der Waals surface area contributed by atoms with Gasteiger partial charge in [0, 0.05) is 11.6 Å². The highest BCUT2D eigenvalue weighted by Gasteiger charge is 2.33. The Morgan fingerprint density at radius 2 is 1.81 bits per heavy atom. The van der Waals surface area contributed by atoms with Crippen LogP contribution in [0.1, 0.15) is 17.8 Å². The van der Waals surface area contributed by atoms with Crippen molar-refractivity contribution < 1.29 is 33.3 Å².